The van der Waals surface area contributed by atoms with Crippen molar-refractivity contribution in [1.82, 2.24) is 19.5 Å². The number of rotatable bonds is 3. The Morgan fingerprint density at radius 3 is 2.75 bits per heavy atom. The van der Waals surface area contributed by atoms with Gasteiger partial charge in [0, 0.05) is 0 Å². The highest BCUT2D eigenvalue weighted by molar-refractivity contribution is 5.67. The first-order valence-electron chi connectivity index (χ1n) is 6.80. The van der Waals surface area contributed by atoms with Gasteiger partial charge in [0.1, 0.15) is 11.3 Å². The molecule has 1 aromatic carbocycles. The fourth-order valence-electron chi connectivity index (χ4n) is 2.40. The van der Waals surface area contributed by atoms with Crippen LogP contribution in [0.3, 0.4) is 0 Å². The largest absolute Gasteiger partial charge is 0.573 e. The van der Waals surface area contributed by atoms with Gasteiger partial charge in [-0.3, -0.25) is 14.3 Å². The molecule has 1 atom stereocenters. The zero-order valence-corrected chi connectivity index (χ0v) is 12.2. The van der Waals surface area contributed by atoms with Crippen molar-refractivity contribution in [2.24, 2.45) is 0 Å². The lowest BCUT2D eigenvalue weighted by Crippen LogP contribution is -2.37. The Labute approximate surface area is 131 Å². The third-order valence-corrected chi connectivity index (χ3v) is 3.48. The van der Waals surface area contributed by atoms with Crippen LogP contribution in [0.2, 0.25) is 0 Å². The number of H-pyrrole nitrogens is 2. The molecule has 0 spiro atoms. The number of nitrogens with one attached hydrogen (secondary N) is 2. The van der Waals surface area contributed by atoms with E-state index in [-0.39, 0.29) is 11.2 Å². The smallest absolute Gasteiger partial charge is 0.406 e. The number of aromatic amines is 2. The van der Waals surface area contributed by atoms with Gasteiger partial charge in [-0.15, -0.1) is 13.2 Å². The van der Waals surface area contributed by atoms with Crippen molar-refractivity contribution in [2.75, 3.05) is 0 Å². The van der Waals surface area contributed by atoms with Crippen LogP contribution in [0.4, 0.5) is 13.2 Å². The summed E-state index contributed by atoms with van der Waals surface area (Å²) in [5, 5.41) is 0. The number of alkyl halides is 3. The van der Waals surface area contributed by atoms with Crippen LogP contribution in [0.25, 0.3) is 11.2 Å². The summed E-state index contributed by atoms with van der Waals surface area (Å²) in [5.41, 5.74) is -0.815. The molecule has 10 heteroatoms. The van der Waals surface area contributed by atoms with Crippen molar-refractivity contribution in [1.29, 1.82) is 0 Å². The number of aromatic nitrogens is 4. The van der Waals surface area contributed by atoms with Crippen molar-refractivity contribution >= 4 is 11.2 Å². The SMILES string of the molecule is CC(c1cccc(OC(F)(F)F)c1)n1c(=O)[nH]c2nc[nH]c2c1=O. The van der Waals surface area contributed by atoms with E-state index >= 15 is 0 Å². The number of hydrogen-bond donors (Lipinski definition) is 2. The minimum atomic E-state index is -4.83. The fraction of sp³-hybridized carbons (Fsp3) is 0.214. The third kappa shape index (κ3) is 2.90. The maximum Gasteiger partial charge on any atom is 0.573 e. The predicted molar refractivity (Wildman–Crippen MR) is 77.9 cm³/mol. The van der Waals surface area contributed by atoms with Crippen molar-refractivity contribution in [3.05, 3.63) is 57.0 Å². The summed E-state index contributed by atoms with van der Waals surface area (Å²) < 4.78 is 41.7. The molecule has 0 aliphatic heterocycles. The first kappa shape index (κ1) is 15.8. The number of hydrogen-bond acceptors (Lipinski definition) is 4. The van der Waals surface area contributed by atoms with Crippen LogP contribution in [-0.2, 0) is 0 Å². The average Bonchev–Trinajstić information content (AvgIpc) is 2.94. The number of nitrogens with zero attached hydrogens (tertiary/aromatic N) is 2. The van der Waals surface area contributed by atoms with E-state index in [1.54, 1.807) is 0 Å². The van der Waals surface area contributed by atoms with Crippen LogP contribution < -0.4 is 16.0 Å². The van der Waals surface area contributed by atoms with Crippen LogP contribution in [0.5, 0.6) is 5.75 Å². The van der Waals surface area contributed by atoms with E-state index in [9.17, 15) is 22.8 Å². The molecular weight excluding hydrogens is 329 g/mol. The Hall–Kier alpha value is -3.04. The number of halogens is 3. The van der Waals surface area contributed by atoms with Gasteiger partial charge in [-0.1, -0.05) is 12.1 Å². The van der Waals surface area contributed by atoms with Crippen LogP contribution in [0, 0.1) is 0 Å². The second-order valence-electron chi connectivity index (χ2n) is 5.03. The first-order valence-corrected chi connectivity index (χ1v) is 6.80. The van der Waals surface area contributed by atoms with Gasteiger partial charge in [0.15, 0.2) is 5.65 Å². The molecule has 2 heterocycles. The molecule has 1 unspecified atom stereocenters. The molecule has 126 valence electrons. The molecule has 0 fully saturated rings. The van der Waals surface area contributed by atoms with Crippen LogP contribution in [0.1, 0.15) is 18.5 Å². The number of imidazole rings is 1. The number of ether oxygens (including phenoxy) is 1. The zero-order valence-electron chi connectivity index (χ0n) is 12.2. The van der Waals surface area contributed by atoms with Crippen molar-refractivity contribution in [2.45, 2.75) is 19.3 Å². The summed E-state index contributed by atoms with van der Waals surface area (Å²) in [7, 11) is 0. The number of fused-ring (bicyclic) bond motifs is 1. The van der Waals surface area contributed by atoms with E-state index in [0.29, 0.717) is 5.56 Å². The Balaban J connectivity index is 2.07. The maximum atomic E-state index is 12.4. The molecule has 0 aliphatic carbocycles. The van der Waals surface area contributed by atoms with Gasteiger partial charge in [-0.25, -0.2) is 9.78 Å². The van der Waals surface area contributed by atoms with Crippen LogP contribution >= 0.6 is 0 Å². The van der Waals surface area contributed by atoms with Crippen LogP contribution in [0.15, 0.2) is 40.2 Å². The van der Waals surface area contributed by atoms with Gasteiger partial charge in [0.25, 0.3) is 5.56 Å². The zero-order chi connectivity index (χ0) is 17.5. The van der Waals surface area contributed by atoms with Crippen LogP contribution in [-0.4, -0.2) is 25.9 Å². The average molecular weight is 340 g/mol. The Morgan fingerprint density at radius 1 is 1.29 bits per heavy atom. The van der Waals surface area contributed by atoms with E-state index in [4.69, 9.17) is 0 Å². The Kier molecular flexibility index (Phi) is 3.66. The lowest BCUT2D eigenvalue weighted by molar-refractivity contribution is -0.274. The molecule has 3 aromatic rings. The lowest BCUT2D eigenvalue weighted by atomic mass is 10.1. The van der Waals surface area contributed by atoms with Gasteiger partial charge in [-0.05, 0) is 24.6 Å². The van der Waals surface area contributed by atoms with Gasteiger partial charge >= 0.3 is 12.1 Å². The highest BCUT2D eigenvalue weighted by Gasteiger charge is 2.31. The molecule has 0 amide bonds. The monoisotopic (exact) mass is 340 g/mol. The first-order chi connectivity index (χ1) is 11.3. The second kappa shape index (κ2) is 5.55. The quantitative estimate of drug-likeness (QED) is 0.762. The number of benzene rings is 1. The molecule has 0 saturated carbocycles. The molecule has 3 rings (SSSR count). The van der Waals surface area contributed by atoms with E-state index in [2.05, 4.69) is 19.7 Å². The molecule has 24 heavy (non-hydrogen) atoms. The molecule has 0 aliphatic rings. The molecule has 2 N–H and O–H groups in total. The highest BCUT2D eigenvalue weighted by atomic mass is 19.4. The molecule has 7 nitrogen and oxygen atoms in total. The molecule has 0 radical (unpaired) electrons. The minimum absolute atomic E-state index is 0.101. The maximum absolute atomic E-state index is 12.4. The molecule has 2 aromatic heterocycles. The van der Waals surface area contributed by atoms with Gasteiger partial charge in [0.2, 0.25) is 0 Å². The van der Waals surface area contributed by atoms with E-state index in [1.807, 2.05) is 0 Å². The predicted octanol–water partition coefficient (Wildman–Crippen LogP) is 1.92. The molecular formula is C14H11F3N4O3. The Bertz CT molecular complexity index is 1000. The summed E-state index contributed by atoms with van der Waals surface area (Å²) in [4.78, 5) is 33.4. The van der Waals surface area contributed by atoms with E-state index < -0.39 is 29.4 Å². The molecule has 0 saturated heterocycles. The lowest BCUT2D eigenvalue weighted by Gasteiger charge is -2.16. The van der Waals surface area contributed by atoms with Crippen molar-refractivity contribution in [3.8, 4) is 5.75 Å². The van der Waals surface area contributed by atoms with E-state index in [0.717, 1.165) is 16.7 Å². The second-order valence-corrected chi connectivity index (χ2v) is 5.03. The van der Waals surface area contributed by atoms with Crippen molar-refractivity contribution in [3.63, 3.8) is 0 Å². The topological polar surface area (TPSA) is 92.8 Å². The fourth-order valence-corrected chi connectivity index (χ4v) is 2.40. The summed E-state index contributed by atoms with van der Waals surface area (Å²) in [5.74, 6) is -0.432. The standard InChI is InChI=1S/C14H11F3N4O3/c1-7(8-3-2-4-9(5-8)24-14(15,16)17)21-12(22)10-11(19-6-18-10)20-13(21)23/h2-7H,1H3,(H,18,19)(H,20,23). The summed E-state index contributed by atoms with van der Waals surface area (Å²) in [6, 6.07) is 4.29. The molecule has 0 bridgehead atoms. The van der Waals surface area contributed by atoms with E-state index in [1.165, 1.54) is 25.4 Å². The van der Waals surface area contributed by atoms with Crippen molar-refractivity contribution < 1.29 is 17.9 Å². The summed E-state index contributed by atoms with van der Waals surface area (Å²) >= 11 is 0. The highest BCUT2D eigenvalue weighted by Crippen LogP contribution is 2.26. The minimum Gasteiger partial charge on any atom is -0.406 e. The summed E-state index contributed by atoms with van der Waals surface area (Å²) in [6.07, 6.45) is -3.57. The Morgan fingerprint density at radius 2 is 2.04 bits per heavy atom. The summed E-state index contributed by atoms with van der Waals surface area (Å²) in [6.45, 7) is 1.52. The van der Waals surface area contributed by atoms with Gasteiger partial charge in [-0.2, -0.15) is 0 Å². The van der Waals surface area contributed by atoms with Gasteiger partial charge in [0.05, 0.1) is 12.4 Å². The normalized spacial score (nSPS) is 13.2. The third-order valence-electron chi connectivity index (χ3n) is 3.48. The van der Waals surface area contributed by atoms with Gasteiger partial charge < -0.3 is 9.72 Å².